The molecule has 2 amide bonds. The molecule has 6 aliphatic rings. The van der Waals surface area contributed by atoms with Gasteiger partial charge in [-0.2, -0.15) is 0 Å². The minimum Gasteiger partial charge on any atom is -0.464 e. The summed E-state index contributed by atoms with van der Waals surface area (Å²) in [4.78, 5) is 55.8. The van der Waals surface area contributed by atoms with E-state index in [1.807, 2.05) is 12.3 Å². The van der Waals surface area contributed by atoms with E-state index in [9.17, 15) is 14.4 Å². The molecule has 2 aliphatic carbocycles. The number of carbonyl (C=O) groups excluding carboxylic acids is 3. The molecule has 4 aromatic rings. The zero-order chi connectivity index (χ0) is 46.9. The van der Waals surface area contributed by atoms with E-state index in [1.165, 1.54) is 34.8 Å². The van der Waals surface area contributed by atoms with Gasteiger partial charge in [-0.15, -0.1) is 11.3 Å². The Balaban J connectivity index is 1.10. The van der Waals surface area contributed by atoms with Crippen LogP contribution in [0.1, 0.15) is 127 Å². The number of esters is 1. The third-order valence-electron chi connectivity index (χ3n) is 15.8. The molecule has 8 bridgehead atoms. The number of nitrogens with zero attached hydrogens (tertiary/aromatic N) is 5. The van der Waals surface area contributed by atoms with E-state index in [4.69, 9.17) is 28.9 Å². The highest BCUT2D eigenvalue weighted by molar-refractivity contribution is 7.10. The summed E-state index contributed by atoms with van der Waals surface area (Å²) < 4.78 is 27.3. The summed E-state index contributed by atoms with van der Waals surface area (Å²) in [6, 6.07) is 8.70. The first-order valence-corrected chi connectivity index (χ1v) is 25.8. The summed E-state index contributed by atoms with van der Waals surface area (Å²) in [6.45, 7) is 17.7. The van der Waals surface area contributed by atoms with Crippen molar-refractivity contribution in [3.63, 3.8) is 0 Å². The van der Waals surface area contributed by atoms with E-state index in [1.54, 1.807) is 7.11 Å². The van der Waals surface area contributed by atoms with Gasteiger partial charge in [0.1, 0.15) is 23.2 Å². The van der Waals surface area contributed by atoms with Gasteiger partial charge in [0.05, 0.1) is 43.0 Å². The van der Waals surface area contributed by atoms with Crippen LogP contribution in [0.2, 0.25) is 0 Å². The fraction of sp³-hybridized carbons (Fsp3) is 0.635. The van der Waals surface area contributed by atoms with Crippen molar-refractivity contribution in [2.75, 3.05) is 40.1 Å². The maximum absolute atomic E-state index is 14.7. The quantitative estimate of drug-likeness (QED) is 0.150. The van der Waals surface area contributed by atoms with Gasteiger partial charge in [0.2, 0.25) is 5.91 Å². The molecule has 1 aromatic carbocycles. The van der Waals surface area contributed by atoms with Crippen LogP contribution in [0.15, 0.2) is 35.8 Å². The predicted molar refractivity (Wildman–Crippen MR) is 257 cm³/mol. The fourth-order valence-electron chi connectivity index (χ4n) is 11.8. The number of aryl methyl sites for hydroxylation is 1. The summed E-state index contributed by atoms with van der Waals surface area (Å²) in [5.74, 6) is -0.359. The Hall–Kier alpha value is -4.25. The maximum Gasteiger partial charge on any atom is 0.324 e. The minimum atomic E-state index is -1.08. The topological polar surface area (TPSA) is 149 Å². The van der Waals surface area contributed by atoms with Crippen LogP contribution in [0.4, 0.5) is 0 Å². The highest BCUT2D eigenvalue weighted by Gasteiger charge is 2.51. The predicted octanol–water partition coefficient (Wildman–Crippen LogP) is 7.75. The molecule has 10 rings (SSSR count). The van der Waals surface area contributed by atoms with Crippen molar-refractivity contribution in [1.29, 1.82) is 0 Å². The van der Waals surface area contributed by atoms with Crippen LogP contribution in [0.25, 0.3) is 33.4 Å². The molecule has 15 heteroatoms. The lowest BCUT2D eigenvalue weighted by molar-refractivity contribution is -0.156. The molecular weight excluding hydrogens is 867 g/mol. The molecular formula is C52H69N7O7S. The Morgan fingerprint density at radius 1 is 1.06 bits per heavy atom. The monoisotopic (exact) mass is 935 g/mol. The Morgan fingerprint density at radius 3 is 2.51 bits per heavy atom. The number of aromatic nitrogens is 3. The Kier molecular flexibility index (Phi) is 12.9. The SMILES string of the molecule is CCO[C@@H]1c2nc(cs2)-c2ccc3c(c2)c(c(-c2cc(C4CC5COCC(C4)N5C4CC4)cnc2[C@H](C)OC)n3CC)CC(C)(C)COC(=O)[C@@H]2CCCN(N2)C(=O)[C@H]1NC(=O)C1[C@@H](C)[C@H]1C. The van der Waals surface area contributed by atoms with Gasteiger partial charge in [-0.1, -0.05) is 33.8 Å². The molecule has 2 saturated carbocycles. The number of piperidine rings is 1. The number of morpholine rings is 1. The number of amides is 2. The van der Waals surface area contributed by atoms with E-state index in [0.29, 0.717) is 68.0 Å². The standard InChI is InChI=1S/C52H69N7O7S/c1-9-57-42-16-13-31-20-37(42)39(46(57)38-21-33(23-53-44(38)30(5)63-8)32-18-35-24-64-25-36(19-32)59(35)34-14-15-34)22-52(6,7)27-66-51(62)40-12-11-17-58(56-40)50(61)45(55-48(60)43-28(3)29(43)4)47(65-10-2)49-54-41(31)26-67-49/h13,16,20-21,23,26,28-30,32,34-36,40,43,45,47,56H,9-12,14-15,17-19,22,24-25,27H2,1-8H3,(H,55,60)/t28-,29+,30-,32?,35?,36?,40-,43?,45-,47-/m0/s1. The first-order valence-electron chi connectivity index (χ1n) is 24.9. The van der Waals surface area contributed by atoms with Crippen LogP contribution in [0.3, 0.4) is 0 Å². The van der Waals surface area contributed by atoms with E-state index >= 15 is 0 Å². The molecule has 4 aliphatic heterocycles. The van der Waals surface area contributed by atoms with Gasteiger partial charge in [-0.25, -0.2) is 10.4 Å². The van der Waals surface area contributed by atoms with Crippen molar-refractivity contribution in [2.24, 2.45) is 23.2 Å². The summed E-state index contributed by atoms with van der Waals surface area (Å²) in [5, 5.41) is 8.30. The number of fused-ring (bicyclic) bond motifs is 8. The molecule has 5 fully saturated rings. The maximum atomic E-state index is 14.7. The number of carbonyl (C=O) groups is 3. The number of hydrazine groups is 1. The van der Waals surface area contributed by atoms with Crippen LogP contribution < -0.4 is 10.7 Å². The molecule has 2 N–H and O–H groups in total. The van der Waals surface area contributed by atoms with E-state index in [2.05, 4.69) is 92.2 Å². The number of hydrogen-bond acceptors (Lipinski definition) is 12. The lowest BCUT2D eigenvalue weighted by Crippen LogP contribution is -2.61. The second kappa shape index (κ2) is 18.6. The van der Waals surface area contributed by atoms with Crippen molar-refractivity contribution >= 4 is 40.0 Å². The number of benzene rings is 1. The number of rotatable bonds is 10. The smallest absolute Gasteiger partial charge is 0.324 e. The van der Waals surface area contributed by atoms with Crippen molar-refractivity contribution in [1.82, 2.24) is 35.2 Å². The highest BCUT2D eigenvalue weighted by atomic mass is 32.1. The van der Waals surface area contributed by atoms with E-state index in [-0.39, 0.29) is 42.3 Å². The number of nitrogens with one attached hydrogen (secondary N) is 2. The van der Waals surface area contributed by atoms with Gasteiger partial charge in [-0.05, 0) is 113 Å². The average Bonchev–Trinajstić information content (AvgIpc) is 4.18. The second-order valence-electron chi connectivity index (χ2n) is 21.0. The Morgan fingerprint density at radius 2 is 1.82 bits per heavy atom. The van der Waals surface area contributed by atoms with E-state index < -0.39 is 29.6 Å². The lowest BCUT2D eigenvalue weighted by atomic mass is 9.80. The number of methoxy groups -OCH3 is 1. The summed E-state index contributed by atoms with van der Waals surface area (Å²) in [5.41, 5.74) is 11.0. The van der Waals surface area contributed by atoms with Crippen LogP contribution in [-0.2, 0) is 46.3 Å². The molecule has 3 saturated heterocycles. The average molecular weight is 936 g/mol. The van der Waals surface area contributed by atoms with Crippen LogP contribution in [-0.4, -0.2) is 113 Å². The zero-order valence-corrected chi connectivity index (χ0v) is 41.3. The molecule has 14 nitrogen and oxygen atoms in total. The molecule has 0 radical (unpaired) electrons. The first kappa shape index (κ1) is 46.5. The molecule has 0 spiro atoms. The van der Waals surface area contributed by atoms with Crippen molar-refractivity contribution < 1.29 is 33.3 Å². The molecule has 7 heterocycles. The van der Waals surface area contributed by atoms with Gasteiger partial charge >= 0.3 is 5.97 Å². The lowest BCUT2D eigenvalue weighted by Gasteiger charge is -2.49. The van der Waals surface area contributed by atoms with Gasteiger partial charge in [-0.3, -0.25) is 29.3 Å². The number of thiazole rings is 1. The van der Waals surface area contributed by atoms with Gasteiger partial charge in [0, 0.05) is 89.9 Å². The Bertz CT molecular complexity index is 2500. The van der Waals surface area contributed by atoms with Crippen LogP contribution >= 0.6 is 11.3 Å². The van der Waals surface area contributed by atoms with Gasteiger partial charge < -0.3 is 28.8 Å². The molecule has 360 valence electrons. The molecule has 3 aromatic heterocycles. The number of pyridine rings is 1. The highest BCUT2D eigenvalue weighted by Crippen LogP contribution is 2.48. The second-order valence-corrected chi connectivity index (χ2v) is 21.9. The van der Waals surface area contributed by atoms with Crippen molar-refractivity contribution in [3.05, 3.63) is 57.7 Å². The van der Waals surface area contributed by atoms with Crippen LogP contribution in [0.5, 0.6) is 0 Å². The summed E-state index contributed by atoms with van der Waals surface area (Å²) >= 11 is 1.42. The van der Waals surface area contributed by atoms with Gasteiger partial charge in [0.25, 0.3) is 5.91 Å². The largest absolute Gasteiger partial charge is 0.464 e. The molecule has 9 atom stereocenters. The molecule has 67 heavy (non-hydrogen) atoms. The van der Waals surface area contributed by atoms with Crippen LogP contribution in [0, 0.1) is 23.2 Å². The van der Waals surface area contributed by atoms with Crippen molar-refractivity contribution in [2.45, 2.75) is 148 Å². The summed E-state index contributed by atoms with van der Waals surface area (Å²) in [7, 11) is 1.75. The van der Waals surface area contributed by atoms with Gasteiger partial charge in [0.15, 0.2) is 0 Å². The summed E-state index contributed by atoms with van der Waals surface area (Å²) in [6.07, 6.45) is 7.36. The number of cyclic esters (lactones) is 1. The van der Waals surface area contributed by atoms with Crippen molar-refractivity contribution in [3.8, 4) is 22.5 Å². The third-order valence-corrected chi connectivity index (χ3v) is 16.7. The third kappa shape index (κ3) is 8.86. The zero-order valence-electron chi connectivity index (χ0n) is 40.5. The first-order chi connectivity index (χ1) is 32.3. The van der Waals surface area contributed by atoms with E-state index in [0.717, 1.165) is 70.7 Å². The number of ether oxygens (including phenoxy) is 4. The fourth-order valence-corrected chi connectivity index (χ4v) is 12.7. The number of hydrogen-bond donors (Lipinski definition) is 2. The Labute approximate surface area is 398 Å². The molecule has 3 unspecified atom stereocenters. The normalized spacial score (nSPS) is 30.4. The minimum absolute atomic E-state index is 0.165.